The molecular weight excluding hydrogens is 322 g/mol. The molecule has 7 heteroatoms. The van der Waals surface area contributed by atoms with Gasteiger partial charge in [0.05, 0.1) is 0 Å². The molecular formula is C15H20ClN3O2S. The van der Waals surface area contributed by atoms with Gasteiger partial charge in [-0.2, -0.15) is 12.7 Å². The van der Waals surface area contributed by atoms with E-state index in [4.69, 9.17) is 11.6 Å². The number of rotatable bonds is 3. The van der Waals surface area contributed by atoms with E-state index in [0.29, 0.717) is 25.7 Å². The first-order valence-electron chi connectivity index (χ1n) is 7.38. The van der Waals surface area contributed by atoms with Gasteiger partial charge in [-0.1, -0.05) is 29.8 Å². The molecule has 2 aliphatic rings. The predicted octanol–water partition coefficient (Wildman–Crippen LogP) is 2.44. The molecule has 22 heavy (non-hydrogen) atoms. The third kappa shape index (κ3) is 2.95. The van der Waals surface area contributed by atoms with Gasteiger partial charge in [-0.15, -0.1) is 0 Å². The fraction of sp³-hybridized carbons (Fsp3) is 0.467. The number of piperidine rings is 1. The van der Waals surface area contributed by atoms with Crippen LogP contribution in [0.3, 0.4) is 0 Å². The maximum Gasteiger partial charge on any atom is 0.305 e. The lowest BCUT2D eigenvalue weighted by Gasteiger charge is -2.34. The summed E-state index contributed by atoms with van der Waals surface area (Å²) >= 11 is 6.25. The van der Waals surface area contributed by atoms with Crippen LogP contribution in [0.4, 0.5) is 0 Å². The van der Waals surface area contributed by atoms with Gasteiger partial charge in [-0.05, 0) is 30.4 Å². The molecule has 0 amide bonds. The average molecular weight is 342 g/mol. The van der Waals surface area contributed by atoms with Gasteiger partial charge < -0.3 is 4.90 Å². The second-order valence-electron chi connectivity index (χ2n) is 5.79. The van der Waals surface area contributed by atoms with E-state index in [9.17, 15) is 8.42 Å². The number of hydrogen-bond donors (Lipinski definition) is 0. The van der Waals surface area contributed by atoms with Crippen molar-refractivity contribution in [3.05, 3.63) is 47.3 Å². The van der Waals surface area contributed by atoms with Crippen LogP contribution in [0, 0.1) is 0 Å². The molecule has 1 fully saturated rings. The molecule has 2 heterocycles. The first-order chi connectivity index (χ1) is 10.5. The fourth-order valence-electron chi connectivity index (χ4n) is 3.00. The van der Waals surface area contributed by atoms with Crippen molar-refractivity contribution in [2.24, 2.45) is 0 Å². The molecule has 2 aliphatic heterocycles. The van der Waals surface area contributed by atoms with Crippen LogP contribution in [0.1, 0.15) is 24.3 Å². The van der Waals surface area contributed by atoms with Gasteiger partial charge in [0.25, 0.3) is 0 Å². The van der Waals surface area contributed by atoms with Crippen molar-refractivity contribution < 1.29 is 8.42 Å². The molecule has 0 N–H and O–H groups in total. The summed E-state index contributed by atoms with van der Waals surface area (Å²) in [6, 6.07) is 7.83. The number of benzene rings is 1. The summed E-state index contributed by atoms with van der Waals surface area (Å²) in [6.07, 6.45) is 5.00. The Morgan fingerprint density at radius 1 is 1.14 bits per heavy atom. The van der Waals surface area contributed by atoms with Crippen molar-refractivity contribution in [3.8, 4) is 0 Å². The Labute approximate surface area is 136 Å². The van der Waals surface area contributed by atoms with Crippen LogP contribution < -0.4 is 0 Å². The molecule has 1 saturated heterocycles. The standard InChI is InChI=1S/C15H20ClN3O2S/c1-17-10-11-19(12-17)22(20,21)18-8-6-13(7-9-18)14-4-2-3-5-15(14)16/h2-5,10-11,13H,6-9,12H2,1H3. The summed E-state index contributed by atoms with van der Waals surface area (Å²) in [4.78, 5) is 1.84. The van der Waals surface area contributed by atoms with Crippen LogP contribution in [-0.2, 0) is 10.2 Å². The zero-order valence-corrected chi connectivity index (χ0v) is 14.1. The second-order valence-corrected chi connectivity index (χ2v) is 8.07. The highest BCUT2D eigenvalue weighted by Gasteiger charge is 2.33. The van der Waals surface area contributed by atoms with Crippen molar-refractivity contribution >= 4 is 21.8 Å². The largest absolute Gasteiger partial charge is 0.361 e. The van der Waals surface area contributed by atoms with Crippen LogP contribution in [0.2, 0.25) is 5.02 Å². The van der Waals surface area contributed by atoms with E-state index in [1.807, 2.05) is 36.2 Å². The summed E-state index contributed by atoms with van der Waals surface area (Å²) < 4.78 is 28.1. The molecule has 1 aromatic carbocycles. The van der Waals surface area contributed by atoms with E-state index in [1.165, 1.54) is 4.31 Å². The molecule has 3 rings (SSSR count). The van der Waals surface area contributed by atoms with Gasteiger partial charge in [0.15, 0.2) is 0 Å². The summed E-state index contributed by atoms with van der Waals surface area (Å²) in [6.45, 7) is 1.45. The first-order valence-corrected chi connectivity index (χ1v) is 9.16. The minimum absolute atomic E-state index is 0.331. The Hall–Kier alpha value is -1.24. The number of halogens is 1. The number of hydrogen-bond acceptors (Lipinski definition) is 3. The third-order valence-electron chi connectivity index (χ3n) is 4.27. The highest BCUT2D eigenvalue weighted by molar-refractivity contribution is 7.86. The van der Waals surface area contributed by atoms with E-state index in [0.717, 1.165) is 23.4 Å². The lowest BCUT2D eigenvalue weighted by atomic mass is 9.90. The topological polar surface area (TPSA) is 43.9 Å². The highest BCUT2D eigenvalue weighted by Crippen LogP contribution is 2.33. The zero-order chi connectivity index (χ0) is 15.7. The zero-order valence-electron chi connectivity index (χ0n) is 12.5. The molecule has 1 aromatic rings. The van der Waals surface area contributed by atoms with Crippen LogP contribution in [0.15, 0.2) is 36.7 Å². The minimum Gasteiger partial charge on any atom is -0.361 e. The van der Waals surface area contributed by atoms with Gasteiger partial charge in [0.1, 0.15) is 6.67 Å². The van der Waals surface area contributed by atoms with Crippen LogP contribution >= 0.6 is 11.6 Å². The van der Waals surface area contributed by atoms with E-state index in [1.54, 1.807) is 16.7 Å². The molecule has 0 saturated carbocycles. The first kappa shape index (κ1) is 15.6. The fourth-order valence-corrected chi connectivity index (χ4v) is 4.80. The van der Waals surface area contributed by atoms with E-state index < -0.39 is 10.2 Å². The lowest BCUT2D eigenvalue weighted by molar-refractivity contribution is 0.290. The van der Waals surface area contributed by atoms with Crippen LogP contribution in [-0.4, -0.2) is 48.7 Å². The molecule has 5 nitrogen and oxygen atoms in total. The van der Waals surface area contributed by atoms with Crippen molar-refractivity contribution in [1.82, 2.24) is 13.5 Å². The second kappa shape index (κ2) is 6.10. The minimum atomic E-state index is -3.41. The SMILES string of the molecule is CN1C=CN(S(=O)(=O)N2CCC(c3ccccc3Cl)CC2)C1. The summed E-state index contributed by atoms with van der Waals surface area (Å²) in [5.41, 5.74) is 1.13. The molecule has 0 atom stereocenters. The quantitative estimate of drug-likeness (QED) is 0.848. The molecule has 0 bridgehead atoms. The maximum atomic E-state index is 12.6. The van der Waals surface area contributed by atoms with Gasteiger partial charge in [0, 0.05) is 37.6 Å². The molecule has 0 aliphatic carbocycles. The lowest BCUT2D eigenvalue weighted by Crippen LogP contribution is -2.45. The Morgan fingerprint density at radius 2 is 1.82 bits per heavy atom. The van der Waals surface area contributed by atoms with Crippen LogP contribution in [0.5, 0.6) is 0 Å². The van der Waals surface area contributed by atoms with Crippen molar-refractivity contribution in [2.45, 2.75) is 18.8 Å². The van der Waals surface area contributed by atoms with Gasteiger partial charge in [-0.25, -0.2) is 4.31 Å². The molecule has 0 unspecified atom stereocenters. The summed E-state index contributed by atoms with van der Waals surface area (Å²) in [5, 5.41) is 0.771. The third-order valence-corrected chi connectivity index (χ3v) is 6.46. The van der Waals surface area contributed by atoms with Gasteiger partial charge in [0.2, 0.25) is 0 Å². The average Bonchev–Trinajstić information content (AvgIpc) is 2.95. The van der Waals surface area contributed by atoms with Crippen molar-refractivity contribution in [2.75, 3.05) is 26.8 Å². The molecule has 0 aromatic heterocycles. The molecule has 0 spiro atoms. The Kier molecular flexibility index (Phi) is 4.34. The smallest absolute Gasteiger partial charge is 0.305 e. The van der Waals surface area contributed by atoms with Crippen molar-refractivity contribution in [1.29, 1.82) is 0 Å². The highest BCUT2D eigenvalue weighted by atomic mass is 35.5. The van der Waals surface area contributed by atoms with Gasteiger partial charge >= 0.3 is 10.2 Å². The molecule has 0 radical (unpaired) electrons. The van der Waals surface area contributed by atoms with Crippen LogP contribution in [0.25, 0.3) is 0 Å². The Morgan fingerprint density at radius 3 is 2.41 bits per heavy atom. The van der Waals surface area contributed by atoms with E-state index in [2.05, 4.69) is 0 Å². The predicted molar refractivity (Wildman–Crippen MR) is 87.5 cm³/mol. The van der Waals surface area contributed by atoms with E-state index in [-0.39, 0.29) is 0 Å². The normalized spacial score (nSPS) is 20.8. The maximum absolute atomic E-state index is 12.6. The van der Waals surface area contributed by atoms with E-state index >= 15 is 0 Å². The monoisotopic (exact) mass is 341 g/mol. The van der Waals surface area contributed by atoms with Crippen molar-refractivity contribution in [3.63, 3.8) is 0 Å². The summed E-state index contributed by atoms with van der Waals surface area (Å²) in [5.74, 6) is 0.331. The number of nitrogens with zero attached hydrogens (tertiary/aromatic N) is 3. The Balaban J connectivity index is 1.67. The van der Waals surface area contributed by atoms with Gasteiger partial charge in [-0.3, -0.25) is 0 Å². The molecule has 120 valence electrons. The Bertz CT molecular complexity index is 669. The summed E-state index contributed by atoms with van der Waals surface area (Å²) in [7, 11) is -1.55.